The first-order valence-electron chi connectivity index (χ1n) is 22.4. The average molecular weight is 961 g/mol. The van der Waals surface area contributed by atoms with Gasteiger partial charge in [0.15, 0.2) is 0 Å². The van der Waals surface area contributed by atoms with E-state index in [0.29, 0.717) is 36.1 Å². The van der Waals surface area contributed by atoms with Crippen molar-refractivity contribution in [1.29, 1.82) is 0 Å². The zero-order valence-corrected chi connectivity index (χ0v) is 38.3. The molecule has 0 fully saturated rings. The van der Waals surface area contributed by atoms with E-state index in [1.54, 1.807) is 72.8 Å². The SMILES string of the molecule is C[C@@H](O)[C@H](NC(=O)[C@H](CCC(N)=O)NC(=O)[C@H](Cc1ccccc1)NC(=O)[C@@H](N)Cc1ccc(O)cc1)C(=O)N[C@@H](CCC(N)=O)C(=O)N[C@@H](Cc1ccccc1)C(=O)N[C@@H](CCCCN)C(=O)O. The first kappa shape index (κ1) is 55.9. The second-order valence-corrected chi connectivity index (χ2v) is 16.5. The Kier molecular flexibility index (Phi) is 23.2. The van der Waals surface area contributed by atoms with Gasteiger partial charge in [0.25, 0.3) is 0 Å². The van der Waals surface area contributed by atoms with Crippen molar-refractivity contribution in [3.05, 3.63) is 102 Å². The van der Waals surface area contributed by atoms with Crippen molar-refractivity contribution in [3.63, 3.8) is 0 Å². The van der Waals surface area contributed by atoms with E-state index in [4.69, 9.17) is 22.9 Å². The molecule has 8 atom stereocenters. The van der Waals surface area contributed by atoms with E-state index in [9.17, 15) is 58.5 Å². The molecule has 22 nitrogen and oxygen atoms in total. The lowest BCUT2D eigenvalue weighted by Crippen LogP contribution is -2.62. The number of benzene rings is 3. The molecule has 3 rings (SSSR count). The molecular weight excluding hydrogens is 897 g/mol. The van der Waals surface area contributed by atoms with E-state index >= 15 is 0 Å². The van der Waals surface area contributed by atoms with Gasteiger partial charge in [-0.05, 0) is 80.8 Å². The summed E-state index contributed by atoms with van der Waals surface area (Å²) in [6, 6.07) is 12.7. The molecule has 17 N–H and O–H groups in total. The number of carboxylic acids is 1. The lowest BCUT2D eigenvalue weighted by Gasteiger charge is -2.28. The van der Waals surface area contributed by atoms with Gasteiger partial charge in [-0.15, -0.1) is 0 Å². The Morgan fingerprint density at radius 2 is 0.913 bits per heavy atom. The molecule has 0 unspecified atom stereocenters. The number of aromatic hydroxyl groups is 1. The van der Waals surface area contributed by atoms with Crippen LogP contribution in [0, 0.1) is 0 Å². The van der Waals surface area contributed by atoms with Crippen LogP contribution in [0.2, 0.25) is 0 Å². The third-order valence-corrected chi connectivity index (χ3v) is 10.8. The van der Waals surface area contributed by atoms with Crippen molar-refractivity contribution in [1.82, 2.24) is 31.9 Å². The van der Waals surface area contributed by atoms with Gasteiger partial charge in [-0.2, -0.15) is 0 Å². The minimum atomic E-state index is -1.85. The summed E-state index contributed by atoms with van der Waals surface area (Å²) in [4.78, 5) is 119. The van der Waals surface area contributed by atoms with Crippen molar-refractivity contribution in [2.75, 3.05) is 6.54 Å². The molecule has 374 valence electrons. The predicted molar refractivity (Wildman–Crippen MR) is 251 cm³/mol. The van der Waals surface area contributed by atoms with Gasteiger partial charge in [0.2, 0.25) is 47.3 Å². The van der Waals surface area contributed by atoms with Crippen molar-refractivity contribution in [3.8, 4) is 5.75 Å². The Hall–Kier alpha value is -7.43. The van der Waals surface area contributed by atoms with Gasteiger partial charge >= 0.3 is 5.97 Å². The number of hydrogen-bond donors (Lipinski definition) is 13. The maximum atomic E-state index is 14.0. The number of hydrogen-bond acceptors (Lipinski definition) is 13. The van der Waals surface area contributed by atoms with Crippen molar-refractivity contribution in [2.45, 2.75) is 120 Å². The number of nitrogens with two attached hydrogens (primary N) is 4. The molecule has 0 aliphatic rings. The summed E-state index contributed by atoms with van der Waals surface area (Å²) in [6.45, 7) is 1.44. The number of phenolic OH excluding ortho intramolecular Hbond substituents is 1. The highest BCUT2D eigenvalue weighted by Crippen LogP contribution is 2.13. The van der Waals surface area contributed by atoms with Crippen LogP contribution in [-0.2, 0) is 62.4 Å². The molecule has 69 heavy (non-hydrogen) atoms. The number of aliphatic hydroxyl groups is 1. The molecule has 0 aromatic heterocycles. The Balaban J connectivity index is 1.86. The van der Waals surface area contributed by atoms with Crippen molar-refractivity contribution in [2.24, 2.45) is 22.9 Å². The third-order valence-electron chi connectivity index (χ3n) is 10.8. The number of rotatable bonds is 30. The van der Waals surface area contributed by atoms with E-state index in [-0.39, 0.29) is 31.4 Å². The van der Waals surface area contributed by atoms with Gasteiger partial charge in [-0.1, -0.05) is 72.8 Å². The number of primary amides is 2. The fourth-order valence-corrected chi connectivity index (χ4v) is 6.97. The van der Waals surface area contributed by atoms with E-state index in [2.05, 4.69) is 31.9 Å². The topological polar surface area (TPSA) is 391 Å². The van der Waals surface area contributed by atoms with Crippen LogP contribution in [0.25, 0.3) is 0 Å². The normalized spacial score (nSPS) is 14.4. The minimum absolute atomic E-state index is 0.00896. The van der Waals surface area contributed by atoms with Crippen LogP contribution in [0.1, 0.15) is 68.6 Å². The summed E-state index contributed by atoms with van der Waals surface area (Å²) in [6.07, 6.45) is -2.64. The highest BCUT2D eigenvalue weighted by Gasteiger charge is 2.35. The maximum Gasteiger partial charge on any atom is 0.326 e. The zero-order valence-electron chi connectivity index (χ0n) is 38.3. The minimum Gasteiger partial charge on any atom is -0.508 e. The average Bonchev–Trinajstić information content (AvgIpc) is 3.30. The number of aliphatic carboxylic acids is 1. The monoisotopic (exact) mass is 960 g/mol. The molecule has 3 aromatic rings. The Morgan fingerprint density at radius 3 is 1.36 bits per heavy atom. The van der Waals surface area contributed by atoms with Crippen molar-refractivity contribution < 1.29 is 58.5 Å². The van der Waals surface area contributed by atoms with Gasteiger partial charge in [0, 0.05) is 25.7 Å². The first-order valence-corrected chi connectivity index (χ1v) is 22.4. The van der Waals surface area contributed by atoms with Crippen LogP contribution in [0.4, 0.5) is 0 Å². The van der Waals surface area contributed by atoms with Crippen LogP contribution >= 0.6 is 0 Å². The van der Waals surface area contributed by atoms with Crippen LogP contribution in [0.5, 0.6) is 5.75 Å². The van der Waals surface area contributed by atoms with Gasteiger partial charge < -0.3 is 70.2 Å². The molecule has 3 aromatic carbocycles. The summed E-state index contributed by atoms with van der Waals surface area (Å²) < 4.78 is 0. The number of phenols is 1. The maximum absolute atomic E-state index is 14.0. The second-order valence-electron chi connectivity index (χ2n) is 16.5. The largest absolute Gasteiger partial charge is 0.508 e. The molecule has 0 aliphatic heterocycles. The predicted octanol–water partition coefficient (Wildman–Crippen LogP) is -2.22. The number of nitrogens with one attached hydrogen (secondary N) is 6. The van der Waals surface area contributed by atoms with E-state index in [0.717, 1.165) is 6.92 Å². The first-order chi connectivity index (χ1) is 32.8. The van der Waals surface area contributed by atoms with Gasteiger partial charge in [0.1, 0.15) is 42.0 Å². The molecule has 0 radical (unpaired) electrons. The number of aliphatic hydroxyl groups excluding tert-OH is 1. The standard InChI is InChI=1S/C47H64N10O12/c1-27(58)40(46(67)53-33(19-21-38(50)60)42(63)56-37(26-29-12-6-3-7-13-29)45(66)54-35(47(68)69)14-8-9-23-48)57-43(64)34(20-22-39(51)61)52-44(65)36(25-28-10-4-2-5-11-28)55-41(62)32(49)24-30-15-17-31(59)18-16-30/h2-7,10-13,15-18,27,32-37,40,58-59H,8-9,14,19-26,48-49H2,1H3,(H2,50,60)(H2,51,61)(H,52,65)(H,53,67)(H,54,66)(H,55,62)(H,56,63)(H,57,64)(H,68,69)/t27-,32+,33+,34+,35+,36+,37+,40+/m1/s1. The molecule has 0 aliphatic carbocycles. The number of carboxylic acid groups (broad SMARTS) is 1. The summed E-state index contributed by atoms with van der Waals surface area (Å²) in [5.41, 5.74) is 24.3. The molecule has 8 amide bonds. The number of carbonyl (C=O) groups is 9. The summed E-state index contributed by atoms with van der Waals surface area (Å²) in [7, 11) is 0. The number of amides is 8. The summed E-state index contributed by atoms with van der Waals surface area (Å²) in [5.74, 6) is -8.77. The Morgan fingerprint density at radius 1 is 0.507 bits per heavy atom. The van der Waals surface area contributed by atoms with Gasteiger partial charge in [0.05, 0.1) is 12.1 Å². The molecular formula is C47H64N10O12. The van der Waals surface area contributed by atoms with Crippen LogP contribution < -0.4 is 54.8 Å². The highest BCUT2D eigenvalue weighted by molar-refractivity contribution is 5.97. The number of carbonyl (C=O) groups excluding carboxylic acids is 8. The van der Waals surface area contributed by atoms with E-state index in [1.807, 2.05) is 0 Å². The summed E-state index contributed by atoms with van der Waals surface area (Å²) in [5, 5.41) is 45.0. The van der Waals surface area contributed by atoms with E-state index < -0.39 is 127 Å². The molecule has 0 heterocycles. The molecule has 0 spiro atoms. The van der Waals surface area contributed by atoms with E-state index in [1.165, 1.54) is 12.1 Å². The van der Waals surface area contributed by atoms with Crippen LogP contribution in [0.3, 0.4) is 0 Å². The van der Waals surface area contributed by atoms with Gasteiger partial charge in [-0.25, -0.2) is 4.79 Å². The Labute approximate surface area is 399 Å². The fraction of sp³-hybridized carbons (Fsp3) is 0.426. The lowest BCUT2D eigenvalue weighted by molar-refractivity contribution is -0.142. The molecule has 22 heteroatoms. The second kappa shape index (κ2) is 28.7. The van der Waals surface area contributed by atoms with Crippen LogP contribution in [-0.4, -0.2) is 123 Å². The molecule has 0 bridgehead atoms. The number of unbranched alkanes of at least 4 members (excludes halogenated alkanes) is 1. The fourth-order valence-electron chi connectivity index (χ4n) is 6.97. The Bertz CT molecular complexity index is 2200. The van der Waals surface area contributed by atoms with Crippen LogP contribution in [0.15, 0.2) is 84.9 Å². The molecule has 0 saturated carbocycles. The smallest absolute Gasteiger partial charge is 0.326 e. The lowest BCUT2D eigenvalue weighted by atomic mass is 10.0. The quantitative estimate of drug-likeness (QED) is 0.0315. The third kappa shape index (κ3) is 20.1. The van der Waals surface area contributed by atoms with Crippen molar-refractivity contribution >= 4 is 53.2 Å². The van der Waals surface area contributed by atoms with Gasteiger partial charge in [-0.3, -0.25) is 38.4 Å². The molecule has 0 saturated heterocycles. The zero-order chi connectivity index (χ0) is 51.0. The highest BCUT2D eigenvalue weighted by atomic mass is 16.4. The summed E-state index contributed by atoms with van der Waals surface area (Å²) >= 11 is 0.